The smallest absolute Gasteiger partial charge is 0.329 e. The van der Waals surface area contributed by atoms with Crippen LogP contribution in [-0.4, -0.2) is 53.9 Å². The molecule has 1 aliphatic heterocycles. The molecule has 9 nitrogen and oxygen atoms in total. The number of benzene rings is 1. The van der Waals surface area contributed by atoms with Crippen LogP contribution in [0.5, 0.6) is 5.88 Å². The molecule has 12 heteroatoms. The molecule has 0 unspecified atom stereocenters. The molecule has 4 rings (SSSR count). The fraction of sp³-hybridized carbons (Fsp3) is 0.227. The number of fused-ring (bicyclic) bond motifs is 1. The molecule has 2 N–H and O–H groups in total. The van der Waals surface area contributed by atoms with E-state index in [1.807, 2.05) is 13.0 Å². The van der Waals surface area contributed by atoms with Crippen LogP contribution in [0, 0.1) is 11.3 Å². The normalized spacial score (nSPS) is 16.1. The Labute approximate surface area is 209 Å². The standard InChI is InChI=1S/C22H19BClN6O3.H2S/c1-22(11-31)10-30(23-12-32)19-14(8-25)5-13(6-16(19)22)17-3-4-26-21(28-17)29-18-7-15(24)9-27-20(18)33-2;/h3-7,9,12,31H,10-11H2,1-2H3,(H,26,28,29);1H2/t22-;/m0./s1. The fourth-order valence-electron chi connectivity index (χ4n) is 3.89. The van der Waals surface area contributed by atoms with E-state index in [-0.39, 0.29) is 26.1 Å². The molecule has 0 spiro atoms. The second-order valence-corrected chi connectivity index (χ2v) is 8.20. The van der Waals surface area contributed by atoms with Crippen molar-refractivity contribution in [3.63, 3.8) is 0 Å². The third-order valence-corrected chi connectivity index (χ3v) is 5.69. The molecule has 173 valence electrons. The summed E-state index contributed by atoms with van der Waals surface area (Å²) in [6, 6.07) is 9.18. The summed E-state index contributed by atoms with van der Waals surface area (Å²) in [6.07, 6.45) is 3.73. The van der Waals surface area contributed by atoms with Gasteiger partial charge in [0.1, 0.15) is 17.9 Å². The number of nitrogens with zero attached hydrogens (tertiary/aromatic N) is 5. The summed E-state index contributed by atoms with van der Waals surface area (Å²) in [7, 11) is 2.87. The molecular weight excluding hydrogens is 475 g/mol. The lowest BCUT2D eigenvalue weighted by atomic mass is 9.83. The van der Waals surface area contributed by atoms with Gasteiger partial charge >= 0.3 is 7.41 Å². The maximum Gasteiger partial charge on any atom is 0.329 e. The summed E-state index contributed by atoms with van der Waals surface area (Å²) in [4.78, 5) is 25.8. The van der Waals surface area contributed by atoms with Crippen LogP contribution in [0.4, 0.5) is 17.3 Å². The van der Waals surface area contributed by atoms with Crippen molar-refractivity contribution in [2.75, 3.05) is 30.4 Å². The van der Waals surface area contributed by atoms with Crippen molar-refractivity contribution in [3.8, 4) is 23.2 Å². The van der Waals surface area contributed by atoms with Crippen LogP contribution in [0.25, 0.3) is 11.3 Å². The average Bonchev–Trinajstić information content (AvgIpc) is 3.11. The topological polar surface area (TPSA) is 124 Å². The number of carbonyl (C=O) groups is 1. The van der Waals surface area contributed by atoms with Crippen LogP contribution in [0.3, 0.4) is 0 Å². The van der Waals surface area contributed by atoms with Crippen LogP contribution in [0.2, 0.25) is 5.02 Å². The lowest BCUT2D eigenvalue weighted by Gasteiger charge is -2.23. The number of hydrogen-bond donors (Lipinski definition) is 2. The van der Waals surface area contributed by atoms with Gasteiger partial charge in [0.2, 0.25) is 11.8 Å². The molecule has 2 aromatic heterocycles. The summed E-state index contributed by atoms with van der Waals surface area (Å²) >= 11 is 6.05. The van der Waals surface area contributed by atoms with E-state index in [2.05, 4.69) is 26.3 Å². The third-order valence-electron chi connectivity index (χ3n) is 5.49. The molecule has 1 atom stereocenters. The van der Waals surface area contributed by atoms with Gasteiger partial charge in [0.05, 0.1) is 30.0 Å². The Kier molecular flexibility index (Phi) is 7.66. The Balaban J connectivity index is 0.00000324. The molecule has 3 aromatic rings. The van der Waals surface area contributed by atoms with Gasteiger partial charge in [-0.05, 0) is 29.8 Å². The molecule has 0 bridgehead atoms. The Bertz CT molecular complexity index is 1270. The number of nitriles is 1. The number of hydrogen-bond acceptors (Lipinski definition) is 9. The fourth-order valence-corrected chi connectivity index (χ4v) is 4.05. The Hall–Kier alpha value is -3.33. The maximum atomic E-state index is 11.1. The SMILES string of the molecule is COc1ncc(Cl)cc1Nc1nccc(-c2cc(C#N)c3c(c2)[C@](C)(CO)CN3[B]C=O)n1.S. The molecule has 34 heavy (non-hydrogen) atoms. The number of nitrogens with one attached hydrogen (secondary N) is 1. The van der Waals surface area contributed by atoms with Gasteiger partial charge < -0.3 is 24.8 Å². The molecule has 0 amide bonds. The number of aliphatic hydroxyl groups excluding tert-OH is 1. The second-order valence-electron chi connectivity index (χ2n) is 7.76. The first-order chi connectivity index (χ1) is 15.9. The highest BCUT2D eigenvalue weighted by molar-refractivity contribution is 7.59. The van der Waals surface area contributed by atoms with Crippen LogP contribution < -0.4 is 14.9 Å². The van der Waals surface area contributed by atoms with E-state index in [0.717, 1.165) is 5.56 Å². The predicted molar refractivity (Wildman–Crippen MR) is 136 cm³/mol. The van der Waals surface area contributed by atoms with Gasteiger partial charge in [-0.25, -0.2) is 15.0 Å². The number of aliphatic hydroxyl groups is 1. The molecule has 0 saturated carbocycles. The van der Waals surface area contributed by atoms with E-state index < -0.39 is 5.41 Å². The average molecular weight is 496 g/mol. The molecule has 1 radical (unpaired) electrons. The van der Waals surface area contributed by atoms with Crippen molar-refractivity contribution in [3.05, 3.63) is 52.8 Å². The number of carbonyl (C=O) groups excluding carboxylic acids is 1. The van der Waals surface area contributed by atoms with Gasteiger partial charge in [-0.3, -0.25) is 0 Å². The van der Waals surface area contributed by atoms with E-state index in [9.17, 15) is 15.2 Å². The molecule has 1 aromatic carbocycles. The highest BCUT2D eigenvalue weighted by atomic mass is 35.5. The van der Waals surface area contributed by atoms with Crippen LogP contribution >= 0.6 is 25.1 Å². The minimum Gasteiger partial charge on any atom is -0.480 e. The van der Waals surface area contributed by atoms with Crippen LogP contribution in [0.15, 0.2) is 36.7 Å². The van der Waals surface area contributed by atoms with E-state index in [1.54, 1.807) is 29.2 Å². The van der Waals surface area contributed by atoms with Gasteiger partial charge in [0.25, 0.3) is 0 Å². The first-order valence-electron chi connectivity index (χ1n) is 9.97. The summed E-state index contributed by atoms with van der Waals surface area (Å²) in [5, 5.41) is 23.4. The van der Waals surface area contributed by atoms with Gasteiger partial charge in [0.15, 0.2) is 0 Å². The zero-order valence-corrected chi connectivity index (χ0v) is 20.2. The number of halogens is 1. The number of methoxy groups -OCH3 is 1. The summed E-state index contributed by atoms with van der Waals surface area (Å²) < 4.78 is 5.25. The first-order valence-corrected chi connectivity index (χ1v) is 10.3. The number of pyridine rings is 1. The van der Waals surface area contributed by atoms with Crippen molar-refractivity contribution in [2.45, 2.75) is 12.3 Å². The summed E-state index contributed by atoms with van der Waals surface area (Å²) in [5.41, 5.74) is 2.87. The van der Waals surface area contributed by atoms with Crippen LogP contribution in [0.1, 0.15) is 18.1 Å². The molecule has 0 fully saturated rings. The quantitative estimate of drug-likeness (QED) is 0.376. The van der Waals surface area contributed by atoms with E-state index in [1.165, 1.54) is 20.7 Å². The van der Waals surface area contributed by atoms with Gasteiger partial charge in [0, 0.05) is 35.6 Å². The van der Waals surface area contributed by atoms with E-state index in [0.29, 0.717) is 51.8 Å². The summed E-state index contributed by atoms with van der Waals surface area (Å²) in [6.45, 7) is 2.13. The van der Waals surface area contributed by atoms with Gasteiger partial charge in [-0.2, -0.15) is 18.8 Å². The Morgan fingerprint density at radius 3 is 2.88 bits per heavy atom. The number of aromatic nitrogens is 3. The number of rotatable bonds is 7. The van der Waals surface area contributed by atoms with Crippen molar-refractivity contribution in [2.24, 2.45) is 0 Å². The number of ether oxygens (including phenoxy) is 1. The van der Waals surface area contributed by atoms with E-state index in [4.69, 9.17) is 16.3 Å². The zero-order valence-electron chi connectivity index (χ0n) is 18.4. The van der Waals surface area contributed by atoms with Gasteiger partial charge in [-0.15, -0.1) is 0 Å². The Morgan fingerprint density at radius 2 is 2.21 bits per heavy atom. The zero-order chi connectivity index (χ0) is 23.6. The van der Waals surface area contributed by atoms with E-state index >= 15 is 0 Å². The largest absolute Gasteiger partial charge is 0.480 e. The highest BCUT2D eigenvalue weighted by Crippen LogP contribution is 2.44. The van der Waals surface area contributed by atoms with Crippen molar-refractivity contribution >= 4 is 56.0 Å². The van der Waals surface area contributed by atoms with Crippen molar-refractivity contribution in [1.82, 2.24) is 15.0 Å². The maximum absolute atomic E-state index is 11.1. The molecule has 3 heterocycles. The minimum absolute atomic E-state index is 0. The predicted octanol–water partition coefficient (Wildman–Crippen LogP) is 2.81. The highest BCUT2D eigenvalue weighted by Gasteiger charge is 2.40. The minimum atomic E-state index is -0.648. The first kappa shape index (κ1) is 25.3. The molecule has 0 aliphatic carbocycles. The molecule has 0 saturated heterocycles. The van der Waals surface area contributed by atoms with Crippen LogP contribution in [-0.2, 0) is 10.2 Å². The summed E-state index contributed by atoms with van der Waals surface area (Å²) in [5.74, 6) is 0.623. The lowest BCUT2D eigenvalue weighted by Crippen LogP contribution is -2.36. The monoisotopic (exact) mass is 495 g/mol. The Morgan fingerprint density at radius 1 is 1.41 bits per heavy atom. The lowest BCUT2D eigenvalue weighted by molar-refractivity contribution is 0.217. The number of anilines is 3. The molecular formula is C22H21BClN6O3S. The third kappa shape index (κ3) is 4.66. The molecule has 1 aliphatic rings. The van der Waals surface area contributed by atoms with Gasteiger partial charge in [-0.1, -0.05) is 18.5 Å². The van der Waals surface area contributed by atoms with Crippen molar-refractivity contribution < 1.29 is 14.6 Å². The second kappa shape index (κ2) is 10.3. The van der Waals surface area contributed by atoms with Crippen molar-refractivity contribution in [1.29, 1.82) is 5.26 Å².